The molecule has 0 amide bonds. The van der Waals surface area contributed by atoms with E-state index in [-0.39, 0.29) is 5.56 Å². The van der Waals surface area contributed by atoms with E-state index in [0.717, 1.165) is 5.69 Å². The van der Waals surface area contributed by atoms with Crippen LogP contribution in [-0.2, 0) is 6.54 Å². The van der Waals surface area contributed by atoms with E-state index in [0.29, 0.717) is 23.3 Å². The molecule has 0 fully saturated rings. The molecule has 2 heterocycles. The third-order valence-electron chi connectivity index (χ3n) is 2.89. The molecule has 0 saturated heterocycles. The fourth-order valence-electron chi connectivity index (χ4n) is 1.92. The van der Waals surface area contributed by atoms with E-state index in [1.807, 2.05) is 31.2 Å². The fraction of sp³-hybridized carbons (Fsp3) is 0.154. The maximum absolute atomic E-state index is 11.9. The van der Waals surface area contributed by atoms with Crippen LogP contribution in [0.1, 0.15) is 11.5 Å². The minimum Gasteiger partial charge on any atom is -0.308 e. The number of benzene rings is 1. The second kappa shape index (κ2) is 4.10. The summed E-state index contributed by atoms with van der Waals surface area (Å²) >= 11 is 0. The number of aryl methyl sites for hydroxylation is 1. The SMILES string of the molecule is Cc1ccnn1Cc1nc2ccccc2c(=O)[nH]1. The zero-order chi connectivity index (χ0) is 12.5. The summed E-state index contributed by atoms with van der Waals surface area (Å²) in [6.45, 7) is 2.44. The lowest BCUT2D eigenvalue weighted by molar-refractivity contribution is 0.637. The van der Waals surface area contributed by atoms with Gasteiger partial charge in [0, 0.05) is 11.9 Å². The third-order valence-corrected chi connectivity index (χ3v) is 2.89. The van der Waals surface area contributed by atoms with Crippen molar-refractivity contribution >= 4 is 10.9 Å². The molecule has 5 nitrogen and oxygen atoms in total. The topological polar surface area (TPSA) is 63.6 Å². The van der Waals surface area contributed by atoms with E-state index in [1.165, 1.54) is 0 Å². The number of H-pyrrole nitrogens is 1. The maximum atomic E-state index is 11.9. The van der Waals surface area contributed by atoms with Gasteiger partial charge >= 0.3 is 0 Å². The molecule has 0 saturated carbocycles. The van der Waals surface area contributed by atoms with Gasteiger partial charge in [-0.3, -0.25) is 9.48 Å². The quantitative estimate of drug-likeness (QED) is 0.737. The second-order valence-electron chi connectivity index (χ2n) is 4.16. The van der Waals surface area contributed by atoms with Gasteiger partial charge in [0.15, 0.2) is 0 Å². The van der Waals surface area contributed by atoms with Crippen molar-refractivity contribution in [1.82, 2.24) is 19.7 Å². The Morgan fingerprint density at radius 1 is 1.28 bits per heavy atom. The minimum atomic E-state index is -0.111. The molecule has 1 aromatic carbocycles. The molecule has 0 aliphatic heterocycles. The minimum absolute atomic E-state index is 0.111. The summed E-state index contributed by atoms with van der Waals surface area (Å²) in [5, 5.41) is 4.79. The molecule has 0 aliphatic carbocycles. The van der Waals surface area contributed by atoms with Gasteiger partial charge in [-0.25, -0.2) is 4.98 Å². The fourth-order valence-corrected chi connectivity index (χ4v) is 1.92. The Kier molecular flexibility index (Phi) is 2.44. The Morgan fingerprint density at radius 3 is 2.89 bits per heavy atom. The van der Waals surface area contributed by atoms with Crippen molar-refractivity contribution in [2.24, 2.45) is 0 Å². The summed E-state index contributed by atoms with van der Waals surface area (Å²) < 4.78 is 1.80. The number of para-hydroxylation sites is 1. The number of aromatic amines is 1. The average Bonchev–Trinajstić information content (AvgIpc) is 2.75. The van der Waals surface area contributed by atoms with E-state index in [4.69, 9.17) is 0 Å². The predicted octanol–water partition coefficient (Wildman–Crippen LogP) is 1.48. The van der Waals surface area contributed by atoms with Crippen LogP contribution in [0.5, 0.6) is 0 Å². The highest BCUT2D eigenvalue weighted by molar-refractivity contribution is 5.77. The van der Waals surface area contributed by atoms with Crippen molar-refractivity contribution in [2.45, 2.75) is 13.5 Å². The van der Waals surface area contributed by atoms with Crippen molar-refractivity contribution < 1.29 is 0 Å². The summed E-state index contributed by atoms with van der Waals surface area (Å²) in [4.78, 5) is 19.1. The number of hydrogen-bond acceptors (Lipinski definition) is 3. The molecule has 3 aromatic rings. The number of nitrogens with zero attached hydrogens (tertiary/aromatic N) is 3. The van der Waals surface area contributed by atoms with E-state index in [1.54, 1.807) is 16.9 Å². The summed E-state index contributed by atoms with van der Waals surface area (Å²) in [5.41, 5.74) is 1.63. The van der Waals surface area contributed by atoms with Gasteiger partial charge in [-0.15, -0.1) is 0 Å². The molecular formula is C13H12N4O. The van der Waals surface area contributed by atoms with Crippen LogP contribution >= 0.6 is 0 Å². The van der Waals surface area contributed by atoms with Crippen LogP contribution in [0, 0.1) is 6.92 Å². The number of aromatic nitrogens is 4. The Hall–Kier alpha value is -2.43. The Labute approximate surface area is 103 Å². The molecule has 1 N–H and O–H groups in total. The molecule has 0 bridgehead atoms. The molecule has 0 spiro atoms. The molecule has 90 valence electrons. The van der Waals surface area contributed by atoms with Crippen LogP contribution in [0.2, 0.25) is 0 Å². The predicted molar refractivity (Wildman–Crippen MR) is 68.4 cm³/mol. The highest BCUT2D eigenvalue weighted by atomic mass is 16.1. The molecule has 0 atom stereocenters. The van der Waals surface area contributed by atoms with Crippen molar-refractivity contribution in [3.8, 4) is 0 Å². The molecule has 18 heavy (non-hydrogen) atoms. The van der Waals surface area contributed by atoms with Crippen LogP contribution in [-0.4, -0.2) is 19.7 Å². The highest BCUT2D eigenvalue weighted by Gasteiger charge is 2.05. The Balaban J connectivity index is 2.08. The summed E-state index contributed by atoms with van der Waals surface area (Å²) in [7, 11) is 0. The average molecular weight is 240 g/mol. The number of nitrogens with one attached hydrogen (secondary N) is 1. The largest absolute Gasteiger partial charge is 0.308 e. The lowest BCUT2D eigenvalue weighted by atomic mass is 10.2. The first-order valence-corrected chi connectivity index (χ1v) is 5.70. The van der Waals surface area contributed by atoms with Crippen LogP contribution in [0.3, 0.4) is 0 Å². The summed E-state index contributed by atoms with van der Waals surface area (Å²) in [6, 6.07) is 9.22. The number of fused-ring (bicyclic) bond motifs is 1. The second-order valence-corrected chi connectivity index (χ2v) is 4.16. The van der Waals surface area contributed by atoms with Gasteiger partial charge in [0.05, 0.1) is 17.4 Å². The molecule has 0 radical (unpaired) electrons. The zero-order valence-corrected chi connectivity index (χ0v) is 9.92. The van der Waals surface area contributed by atoms with Crippen molar-refractivity contribution in [3.63, 3.8) is 0 Å². The van der Waals surface area contributed by atoms with Gasteiger partial charge < -0.3 is 4.98 Å². The first-order chi connectivity index (χ1) is 8.74. The first kappa shape index (κ1) is 10.7. The van der Waals surface area contributed by atoms with E-state index in [9.17, 15) is 4.79 Å². The van der Waals surface area contributed by atoms with Gasteiger partial charge in [0.1, 0.15) is 5.82 Å². The Bertz CT molecular complexity index is 757. The van der Waals surface area contributed by atoms with Crippen LogP contribution in [0.4, 0.5) is 0 Å². The molecule has 2 aromatic heterocycles. The van der Waals surface area contributed by atoms with Crippen LogP contribution in [0.25, 0.3) is 10.9 Å². The third kappa shape index (κ3) is 1.79. The van der Waals surface area contributed by atoms with E-state index < -0.39 is 0 Å². The standard InChI is InChI=1S/C13H12N4O/c1-9-6-7-14-17(9)8-12-15-11-5-3-2-4-10(11)13(18)16-12/h2-7H,8H2,1H3,(H,15,16,18). The summed E-state index contributed by atoms with van der Waals surface area (Å²) in [6.07, 6.45) is 1.73. The van der Waals surface area contributed by atoms with Crippen molar-refractivity contribution in [3.05, 3.63) is 58.4 Å². The van der Waals surface area contributed by atoms with E-state index >= 15 is 0 Å². The molecule has 0 aliphatic rings. The van der Waals surface area contributed by atoms with Gasteiger partial charge in [0.25, 0.3) is 5.56 Å². The molecule has 0 unspecified atom stereocenters. The van der Waals surface area contributed by atoms with Gasteiger partial charge in [-0.2, -0.15) is 5.10 Å². The van der Waals surface area contributed by atoms with Crippen LogP contribution in [0.15, 0.2) is 41.3 Å². The maximum Gasteiger partial charge on any atom is 0.258 e. The van der Waals surface area contributed by atoms with Crippen molar-refractivity contribution in [1.29, 1.82) is 0 Å². The normalized spacial score (nSPS) is 10.9. The molecule has 5 heteroatoms. The Morgan fingerprint density at radius 2 is 2.11 bits per heavy atom. The lowest BCUT2D eigenvalue weighted by Crippen LogP contribution is -2.15. The van der Waals surface area contributed by atoms with E-state index in [2.05, 4.69) is 15.1 Å². The number of rotatable bonds is 2. The van der Waals surface area contributed by atoms with Gasteiger partial charge in [-0.05, 0) is 25.1 Å². The monoisotopic (exact) mass is 240 g/mol. The molecular weight excluding hydrogens is 228 g/mol. The lowest BCUT2D eigenvalue weighted by Gasteiger charge is -2.05. The highest BCUT2D eigenvalue weighted by Crippen LogP contribution is 2.06. The van der Waals surface area contributed by atoms with Crippen molar-refractivity contribution in [2.75, 3.05) is 0 Å². The smallest absolute Gasteiger partial charge is 0.258 e. The first-order valence-electron chi connectivity index (χ1n) is 5.70. The zero-order valence-electron chi connectivity index (χ0n) is 9.92. The molecule has 3 rings (SSSR count). The number of hydrogen-bond donors (Lipinski definition) is 1. The van der Waals surface area contributed by atoms with Gasteiger partial charge in [0.2, 0.25) is 0 Å². The van der Waals surface area contributed by atoms with Crippen LogP contribution < -0.4 is 5.56 Å². The van der Waals surface area contributed by atoms with Gasteiger partial charge in [-0.1, -0.05) is 12.1 Å². The summed E-state index contributed by atoms with van der Waals surface area (Å²) in [5.74, 6) is 0.616.